The molecule has 0 saturated heterocycles. The number of benzene rings is 2. The molecule has 0 aliphatic carbocycles. The fraction of sp³-hybridized carbons (Fsp3) is 0.364. The summed E-state index contributed by atoms with van der Waals surface area (Å²) in [5.74, 6) is 0.970. The lowest BCUT2D eigenvalue weighted by molar-refractivity contribution is -0.135. The van der Waals surface area contributed by atoms with Crippen LogP contribution >= 0.6 is 0 Å². The number of hydrogen-bond donors (Lipinski definition) is 0. The van der Waals surface area contributed by atoms with Crippen molar-refractivity contribution in [2.75, 3.05) is 0 Å². The van der Waals surface area contributed by atoms with Crippen molar-refractivity contribution in [2.45, 2.75) is 53.2 Å². The average Bonchev–Trinajstić information content (AvgIpc) is 2.93. The average molecular weight is 349 g/mol. The van der Waals surface area contributed by atoms with Gasteiger partial charge in [-0.1, -0.05) is 36.4 Å². The van der Waals surface area contributed by atoms with Crippen molar-refractivity contribution in [1.82, 2.24) is 14.5 Å². The standard InChI is InChI=1S/C22H27N3O/c1-15(2)25(16(3)4)21(26)14-24-20-13-9-8-12-19(20)23-22(24)18-11-7-6-10-17(18)5/h6-13,15-16H,14H2,1-5H3. The number of imidazole rings is 1. The number of carbonyl (C=O) groups excluding carboxylic acids is 1. The molecular weight excluding hydrogens is 322 g/mol. The van der Waals surface area contributed by atoms with E-state index < -0.39 is 0 Å². The van der Waals surface area contributed by atoms with E-state index in [1.807, 2.05) is 41.3 Å². The van der Waals surface area contributed by atoms with Gasteiger partial charge < -0.3 is 9.47 Å². The van der Waals surface area contributed by atoms with Crippen LogP contribution in [-0.2, 0) is 11.3 Å². The van der Waals surface area contributed by atoms with Crippen LogP contribution in [0, 0.1) is 6.92 Å². The molecule has 1 heterocycles. The zero-order valence-corrected chi connectivity index (χ0v) is 16.2. The van der Waals surface area contributed by atoms with Gasteiger partial charge in [0.2, 0.25) is 5.91 Å². The van der Waals surface area contributed by atoms with Crippen LogP contribution in [0.3, 0.4) is 0 Å². The molecule has 0 spiro atoms. The van der Waals surface area contributed by atoms with Gasteiger partial charge in [-0.25, -0.2) is 4.98 Å². The Morgan fingerprint density at radius 2 is 1.62 bits per heavy atom. The Morgan fingerprint density at radius 1 is 1.00 bits per heavy atom. The number of amides is 1. The van der Waals surface area contributed by atoms with E-state index >= 15 is 0 Å². The van der Waals surface area contributed by atoms with Crippen LogP contribution in [0.4, 0.5) is 0 Å². The molecule has 136 valence electrons. The largest absolute Gasteiger partial charge is 0.336 e. The Balaban J connectivity index is 2.11. The lowest BCUT2D eigenvalue weighted by Crippen LogP contribution is -2.43. The van der Waals surface area contributed by atoms with E-state index in [0.29, 0.717) is 6.54 Å². The number of aromatic nitrogens is 2. The molecule has 0 N–H and O–H groups in total. The monoisotopic (exact) mass is 349 g/mol. The van der Waals surface area contributed by atoms with Crippen molar-refractivity contribution in [3.8, 4) is 11.4 Å². The maximum atomic E-state index is 13.1. The summed E-state index contributed by atoms with van der Waals surface area (Å²) in [7, 11) is 0. The Labute approximate surface area is 155 Å². The van der Waals surface area contributed by atoms with Gasteiger partial charge in [0.05, 0.1) is 11.0 Å². The van der Waals surface area contributed by atoms with E-state index in [2.05, 4.69) is 51.3 Å². The number of aryl methyl sites for hydroxylation is 1. The zero-order chi connectivity index (χ0) is 18.8. The topological polar surface area (TPSA) is 38.1 Å². The molecule has 4 heteroatoms. The van der Waals surface area contributed by atoms with Gasteiger partial charge in [-0.05, 0) is 52.3 Å². The molecule has 0 atom stereocenters. The van der Waals surface area contributed by atoms with E-state index in [4.69, 9.17) is 4.98 Å². The van der Waals surface area contributed by atoms with Gasteiger partial charge in [-0.2, -0.15) is 0 Å². The van der Waals surface area contributed by atoms with E-state index in [1.54, 1.807) is 0 Å². The number of nitrogens with zero attached hydrogens (tertiary/aromatic N) is 3. The van der Waals surface area contributed by atoms with Gasteiger partial charge >= 0.3 is 0 Å². The molecule has 0 fully saturated rings. The van der Waals surface area contributed by atoms with Crippen LogP contribution in [0.15, 0.2) is 48.5 Å². The predicted molar refractivity (Wildman–Crippen MR) is 107 cm³/mol. The number of hydrogen-bond acceptors (Lipinski definition) is 2. The number of fused-ring (bicyclic) bond motifs is 1. The highest BCUT2D eigenvalue weighted by Crippen LogP contribution is 2.27. The summed E-state index contributed by atoms with van der Waals surface area (Å²) in [5.41, 5.74) is 4.13. The Bertz CT molecular complexity index is 916. The van der Waals surface area contributed by atoms with Crippen LogP contribution in [0.5, 0.6) is 0 Å². The van der Waals surface area contributed by atoms with Gasteiger partial charge in [0.25, 0.3) is 0 Å². The van der Waals surface area contributed by atoms with Crippen molar-refractivity contribution >= 4 is 16.9 Å². The quantitative estimate of drug-likeness (QED) is 0.672. The van der Waals surface area contributed by atoms with Gasteiger partial charge in [-0.3, -0.25) is 4.79 Å². The van der Waals surface area contributed by atoms with Crippen LogP contribution in [-0.4, -0.2) is 32.4 Å². The molecule has 1 amide bonds. The highest BCUT2D eigenvalue weighted by atomic mass is 16.2. The van der Waals surface area contributed by atoms with Crippen LogP contribution < -0.4 is 0 Å². The summed E-state index contributed by atoms with van der Waals surface area (Å²) in [6.45, 7) is 10.6. The zero-order valence-electron chi connectivity index (χ0n) is 16.2. The second-order valence-corrected chi connectivity index (χ2v) is 7.31. The molecule has 2 aromatic carbocycles. The minimum atomic E-state index is 0.119. The molecule has 1 aromatic heterocycles. The Hall–Kier alpha value is -2.62. The van der Waals surface area contributed by atoms with E-state index in [-0.39, 0.29) is 18.0 Å². The maximum Gasteiger partial charge on any atom is 0.243 e. The van der Waals surface area contributed by atoms with E-state index in [9.17, 15) is 4.79 Å². The van der Waals surface area contributed by atoms with Crippen molar-refractivity contribution in [1.29, 1.82) is 0 Å². The summed E-state index contributed by atoms with van der Waals surface area (Å²) in [6, 6.07) is 16.5. The van der Waals surface area contributed by atoms with Crippen LogP contribution in [0.1, 0.15) is 33.3 Å². The molecule has 0 bridgehead atoms. The smallest absolute Gasteiger partial charge is 0.243 e. The first-order valence-electron chi connectivity index (χ1n) is 9.22. The Morgan fingerprint density at radius 3 is 2.27 bits per heavy atom. The lowest BCUT2D eigenvalue weighted by Gasteiger charge is -2.31. The first kappa shape index (κ1) is 18.2. The molecule has 0 saturated carbocycles. The van der Waals surface area contributed by atoms with Crippen molar-refractivity contribution in [2.24, 2.45) is 0 Å². The molecule has 3 aromatic rings. The summed E-state index contributed by atoms with van der Waals surface area (Å²) in [6.07, 6.45) is 0. The molecule has 26 heavy (non-hydrogen) atoms. The molecule has 3 rings (SSSR count). The molecule has 0 unspecified atom stereocenters. The third-order valence-corrected chi connectivity index (χ3v) is 4.73. The highest BCUT2D eigenvalue weighted by molar-refractivity contribution is 5.85. The molecular formula is C22H27N3O. The normalized spacial score (nSPS) is 11.5. The number of rotatable bonds is 5. The van der Waals surface area contributed by atoms with Crippen molar-refractivity contribution in [3.05, 3.63) is 54.1 Å². The van der Waals surface area contributed by atoms with Crippen LogP contribution in [0.2, 0.25) is 0 Å². The minimum absolute atomic E-state index is 0.119. The lowest BCUT2D eigenvalue weighted by atomic mass is 10.1. The van der Waals surface area contributed by atoms with Crippen molar-refractivity contribution in [3.63, 3.8) is 0 Å². The third kappa shape index (κ3) is 3.36. The fourth-order valence-corrected chi connectivity index (χ4v) is 3.65. The molecule has 4 nitrogen and oxygen atoms in total. The van der Waals surface area contributed by atoms with Gasteiger partial charge in [0, 0.05) is 17.6 Å². The van der Waals surface area contributed by atoms with Gasteiger partial charge in [0.15, 0.2) is 0 Å². The Kier molecular flexibility index (Phi) is 5.12. The molecule has 0 radical (unpaired) electrons. The molecule has 0 aliphatic heterocycles. The molecule has 0 aliphatic rings. The second kappa shape index (κ2) is 7.32. The first-order chi connectivity index (χ1) is 12.4. The van der Waals surface area contributed by atoms with E-state index in [0.717, 1.165) is 28.0 Å². The number of carbonyl (C=O) groups is 1. The highest BCUT2D eigenvalue weighted by Gasteiger charge is 2.23. The van der Waals surface area contributed by atoms with Crippen LogP contribution in [0.25, 0.3) is 22.4 Å². The summed E-state index contributed by atoms with van der Waals surface area (Å²) >= 11 is 0. The maximum absolute atomic E-state index is 13.1. The van der Waals surface area contributed by atoms with Gasteiger partial charge in [-0.15, -0.1) is 0 Å². The third-order valence-electron chi connectivity index (χ3n) is 4.73. The van der Waals surface area contributed by atoms with E-state index in [1.165, 1.54) is 0 Å². The van der Waals surface area contributed by atoms with Crippen molar-refractivity contribution < 1.29 is 4.79 Å². The number of para-hydroxylation sites is 2. The van der Waals surface area contributed by atoms with Gasteiger partial charge in [0.1, 0.15) is 12.4 Å². The summed E-state index contributed by atoms with van der Waals surface area (Å²) in [4.78, 5) is 19.9. The minimum Gasteiger partial charge on any atom is -0.336 e. The second-order valence-electron chi connectivity index (χ2n) is 7.31. The fourth-order valence-electron chi connectivity index (χ4n) is 3.65. The first-order valence-corrected chi connectivity index (χ1v) is 9.22. The summed E-state index contributed by atoms with van der Waals surface area (Å²) < 4.78 is 2.05. The SMILES string of the molecule is Cc1ccccc1-c1nc2ccccc2n1CC(=O)N(C(C)C)C(C)C. The summed E-state index contributed by atoms with van der Waals surface area (Å²) in [5, 5.41) is 0. The predicted octanol–water partition coefficient (Wildman–Crippen LogP) is 4.66.